The Labute approximate surface area is 162 Å². The summed E-state index contributed by atoms with van der Waals surface area (Å²) in [4.78, 5) is 23.9. The fraction of sp³-hybridized carbons (Fsp3) is 0.350. The molecule has 140 valence electrons. The summed E-state index contributed by atoms with van der Waals surface area (Å²) in [6, 6.07) is 9.11. The third-order valence-corrected chi connectivity index (χ3v) is 5.72. The molecule has 0 spiro atoms. The van der Waals surface area contributed by atoms with Crippen molar-refractivity contribution in [3.63, 3.8) is 0 Å². The van der Waals surface area contributed by atoms with Crippen LogP contribution in [0.4, 0.5) is 5.82 Å². The van der Waals surface area contributed by atoms with Gasteiger partial charge in [0.1, 0.15) is 10.7 Å². The van der Waals surface area contributed by atoms with Gasteiger partial charge < -0.3 is 4.74 Å². The largest absolute Gasteiger partial charge is 0.370 e. The van der Waals surface area contributed by atoms with Crippen LogP contribution >= 0.6 is 11.3 Å². The highest BCUT2D eigenvalue weighted by molar-refractivity contribution is 7.18. The fourth-order valence-electron chi connectivity index (χ4n) is 3.22. The maximum absolute atomic E-state index is 12.4. The lowest BCUT2D eigenvalue weighted by atomic mass is 9.94. The topological polar surface area (TPSA) is 76.1 Å². The normalized spacial score (nSPS) is 15.4. The second-order valence-electron chi connectivity index (χ2n) is 7.20. The third kappa shape index (κ3) is 3.52. The monoisotopic (exact) mass is 382 g/mol. The maximum Gasteiger partial charge on any atom is 0.269 e. The van der Waals surface area contributed by atoms with Crippen LogP contribution in [0, 0.1) is 0 Å². The van der Waals surface area contributed by atoms with Crippen molar-refractivity contribution in [1.29, 1.82) is 0 Å². The molecule has 0 aliphatic carbocycles. The van der Waals surface area contributed by atoms with E-state index >= 15 is 0 Å². The standard InChI is InChI=1S/C20H22N4O2S/c1-4-15-21-17(23-24-18(25)12-8-6-5-7-9-12)16-13-10-20(2,3)26-11-14(13)27-19(16)22-15/h5-9H,4,10-11H2,1-3H3,(H,24,25)(H,21,22,23). The van der Waals surface area contributed by atoms with Crippen LogP contribution in [0.5, 0.6) is 0 Å². The maximum atomic E-state index is 12.4. The van der Waals surface area contributed by atoms with E-state index in [9.17, 15) is 4.79 Å². The molecular formula is C20H22N4O2S. The average Bonchev–Trinajstić information content (AvgIpc) is 3.03. The van der Waals surface area contributed by atoms with E-state index in [2.05, 4.69) is 29.7 Å². The van der Waals surface area contributed by atoms with Gasteiger partial charge in [0.05, 0.1) is 17.6 Å². The number of anilines is 1. The number of aromatic nitrogens is 2. The summed E-state index contributed by atoms with van der Waals surface area (Å²) in [6.45, 7) is 6.78. The van der Waals surface area contributed by atoms with Gasteiger partial charge >= 0.3 is 0 Å². The van der Waals surface area contributed by atoms with Crippen molar-refractivity contribution >= 4 is 33.3 Å². The highest BCUT2D eigenvalue weighted by atomic mass is 32.1. The average molecular weight is 382 g/mol. The molecule has 7 heteroatoms. The Balaban J connectivity index is 1.70. The molecule has 0 atom stereocenters. The van der Waals surface area contributed by atoms with E-state index in [0.29, 0.717) is 18.0 Å². The van der Waals surface area contributed by atoms with Gasteiger partial charge in [-0.15, -0.1) is 11.3 Å². The second kappa shape index (κ2) is 6.90. The number of carbonyl (C=O) groups is 1. The molecule has 0 radical (unpaired) electrons. The molecule has 0 fully saturated rings. The molecule has 1 aliphatic heterocycles. The SMILES string of the molecule is CCc1nc(NNC(=O)c2ccccc2)c2c3c(sc2n1)COC(C)(C)C3. The van der Waals surface area contributed by atoms with E-state index in [1.807, 2.05) is 25.1 Å². The van der Waals surface area contributed by atoms with Gasteiger partial charge in [-0.2, -0.15) is 0 Å². The van der Waals surface area contributed by atoms with Crippen LogP contribution in [0.2, 0.25) is 0 Å². The van der Waals surface area contributed by atoms with Gasteiger partial charge in [-0.1, -0.05) is 25.1 Å². The number of benzene rings is 1. The van der Waals surface area contributed by atoms with Crippen molar-refractivity contribution < 1.29 is 9.53 Å². The van der Waals surface area contributed by atoms with E-state index < -0.39 is 0 Å². The quantitative estimate of drug-likeness (QED) is 0.670. The molecule has 6 nitrogen and oxygen atoms in total. The Morgan fingerprint density at radius 1 is 1.26 bits per heavy atom. The molecule has 3 aromatic rings. The molecule has 0 saturated heterocycles. The highest BCUT2D eigenvalue weighted by Gasteiger charge is 2.31. The van der Waals surface area contributed by atoms with Gasteiger partial charge in [-0.05, 0) is 31.5 Å². The molecule has 0 unspecified atom stereocenters. The number of hydrogen-bond acceptors (Lipinski definition) is 6. The van der Waals surface area contributed by atoms with Gasteiger partial charge in [0.2, 0.25) is 0 Å². The van der Waals surface area contributed by atoms with Crippen LogP contribution in [-0.2, 0) is 24.2 Å². The summed E-state index contributed by atoms with van der Waals surface area (Å²) in [5, 5.41) is 0.983. The molecule has 2 aromatic heterocycles. The first-order valence-corrected chi connectivity index (χ1v) is 9.85. The van der Waals surface area contributed by atoms with Crippen molar-refractivity contribution in [2.75, 3.05) is 5.43 Å². The van der Waals surface area contributed by atoms with Gasteiger partial charge in [-0.3, -0.25) is 15.6 Å². The minimum absolute atomic E-state index is 0.201. The summed E-state index contributed by atoms with van der Waals surface area (Å²) in [5.74, 6) is 1.20. The number of carbonyl (C=O) groups excluding carboxylic acids is 1. The molecule has 2 N–H and O–H groups in total. The first-order valence-electron chi connectivity index (χ1n) is 9.03. The number of nitrogens with zero attached hydrogens (tertiary/aromatic N) is 2. The van der Waals surface area contributed by atoms with Gasteiger partial charge in [0, 0.05) is 23.3 Å². The summed E-state index contributed by atoms with van der Waals surface area (Å²) < 4.78 is 5.95. The first kappa shape index (κ1) is 17.9. The zero-order valence-corrected chi connectivity index (χ0v) is 16.4. The Morgan fingerprint density at radius 2 is 2.04 bits per heavy atom. The Bertz CT molecular complexity index is 998. The molecular weight excluding hydrogens is 360 g/mol. The number of aryl methyl sites for hydroxylation is 1. The number of hydrazine groups is 1. The van der Waals surface area contributed by atoms with Crippen LogP contribution in [0.3, 0.4) is 0 Å². The summed E-state index contributed by atoms with van der Waals surface area (Å²) in [5.41, 5.74) is 7.39. The van der Waals surface area contributed by atoms with Gasteiger partial charge in [-0.25, -0.2) is 9.97 Å². The van der Waals surface area contributed by atoms with E-state index in [0.717, 1.165) is 28.9 Å². The lowest BCUT2D eigenvalue weighted by Gasteiger charge is -2.30. The number of fused-ring (bicyclic) bond motifs is 3. The van der Waals surface area contributed by atoms with Crippen molar-refractivity contribution in [1.82, 2.24) is 15.4 Å². The van der Waals surface area contributed by atoms with Crippen LogP contribution in [0.25, 0.3) is 10.2 Å². The smallest absolute Gasteiger partial charge is 0.269 e. The Morgan fingerprint density at radius 3 is 2.78 bits per heavy atom. The predicted octanol–water partition coefficient (Wildman–Crippen LogP) is 3.86. The fourth-order valence-corrected chi connectivity index (χ4v) is 4.34. The molecule has 27 heavy (non-hydrogen) atoms. The molecule has 1 amide bonds. The lowest BCUT2D eigenvalue weighted by molar-refractivity contribution is -0.0379. The Kier molecular flexibility index (Phi) is 4.57. The number of rotatable bonds is 4. The van der Waals surface area contributed by atoms with Crippen molar-refractivity contribution in [3.8, 4) is 0 Å². The molecule has 4 rings (SSSR count). The van der Waals surface area contributed by atoms with Crippen molar-refractivity contribution in [3.05, 3.63) is 52.2 Å². The van der Waals surface area contributed by atoms with Crippen molar-refractivity contribution in [2.45, 2.75) is 45.8 Å². The molecule has 3 heterocycles. The van der Waals surface area contributed by atoms with Gasteiger partial charge in [0.25, 0.3) is 5.91 Å². The summed E-state index contributed by atoms with van der Waals surface area (Å²) in [6.07, 6.45) is 1.51. The zero-order valence-electron chi connectivity index (χ0n) is 15.6. The number of thiophene rings is 1. The van der Waals surface area contributed by atoms with E-state index in [4.69, 9.17) is 9.72 Å². The van der Waals surface area contributed by atoms with Crippen LogP contribution in [0.15, 0.2) is 30.3 Å². The van der Waals surface area contributed by atoms with Gasteiger partial charge in [0.15, 0.2) is 5.82 Å². The minimum atomic E-state index is -0.227. The molecule has 1 aliphatic rings. The van der Waals surface area contributed by atoms with E-state index in [1.54, 1.807) is 23.5 Å². The predicted molar refractivity (Wildman–Crippen MR) is 107 cm³/mol. The number of ether oxygens (including phenoxy) is 1. The number of hydrogen-bond donors (Lipinski definition) is 2. The minimum Gasteiger partial charge on any atom is -0.370 e. The van der Waals surface area contributed by atoms with Crippen LogP contribution in [-0.4, -0.2) is 21.5 Å². The van der Waals surface area contributed by atoms with Crippen LogP contribution in [0.1, 0.15) is 47.4 Å². The first-order chi connectivity index (χ1) is 13.0. The van der Waals surface area contributed by atoms with Crippen LogP contribution < -0.4 is 10.9 Å². The number of nitrogens with one attached hydrogen (secondary N) is 2. The zero-order chi connectivity index (χ0) is 19.0. The van der Waals surface area contributed by atoms with E-state index in [-0.39, 0.29) is 11.5 Å². The molecule has 0 saturated carbocycles. The Hall–Kier alpha value is -2.51. The van der Waals surface area contributed by atoms with Crippen molar-refractivity contribution in [2.24, 2.45) is 0 Å². The van der Waals surface area contributed by atoms with E-state index in [1.165, 1.54) is 10.4 Å². The molecule has 1 aromatic carbocycles. The summed E-state index contributed by atoms with van der Waals surface area (Å²) in [7, 11) is 0. The lowest BCUT2D eigenvalue weighted by Crippen LogP contribution is -2.32. The second-order valence-corrected chi connectivity index (χ2v) is 8.28. The summed E-state index contributed by atoms with van der Waals surface area (Å²) >= 11 is 1.65. The third-order valence-electron chi connectivity index (χ3n) is 4.62. The highest BCUT2D eigenvalue weighted by Crippen LogP contribution is 2.40. The molecule has 0 bridgehead atoms. The number of amides is 1.